The molecule has 1 aliphatic heterocycles. The largest absolute Gasteiger partial charge is 0.457 e. The second kappa shape index (κ2) is 10.3. The fourth-order valence-electron chi connectivity index (χ4n) is 6.20. The van der Waals surface area contributed by atoms with Crippen molar-refractivity contribution in [2.45, 2.75) is 13.8 Å². The van der Waals surface area contributed by atoms with Gasteiger partial charge in [-0.3, -0.25) is 0 Å². The van der Waals surface area contributed by atoms with Gasteiger partial charge in [-0.15, -0.1) is 0 Å². The summed E-state index contributed by atoms with van der Waals surface area (Å²) in [6.07, 6.45) is 0. The van der Waals surface area contributed by atoms with Gasteiger partial charge in [0.15, 0.2) is 8.07 Å². The van der Waals surface area contributed by atoms with Gasteiger partial charge < -0.3 is 9.47 Å². The van der Waals surface area contributed by atoms with Crippen molar-refractivity contribution in [1.29, 1.82) is 0 Å². The lowest BCUT2D eigenvalue weighted by atomic mass is 10.0. The van der Waals surface area contributed by atoms with Crippen molar-refractivity contribution >= 4 is 28.8 Å². The average Bonchev–Trinajstić information content (AvgIpc) is 3.28. The summed E-state index contributed by atoms with van der Waals surface area (Å²) < 4.78 is 12.9. The minimum atomic E-state index is -2.63. The molecule has 0 aliphatic carbocycles. The maximum Gasteiger partial charge on any atom is 0.180 e. The number of benzene rings is 6. The molecule has 3 heteroatoms. The molecule has 0 atom stereocenters. The van der Waals surface area contributed by atoms with Crippen LogP contribution < -0.4 is 30.2 Å². The predicted molar refractivity (Wildman–Crippen MR) is 172 cm³/mol. The van der Waals surface area contributed by atoms with Crippen molar-refractivity contribution in [3.63, 3.8) is 0 Å². The third-order valence-corrected chi connectivity index (χ3v) is 12.9. The van der Waals surface area contributed by atoms with Gasteiger partial charge in [-0.05, 0) is 93.2 Å². The van der Waals surface area contributed by atoms with Gasteiger partial charge in [-0.2, -0.15) is 0 Å². The van der Waals surface area contributed by atoms with Crippen LogP contribution >= 0.6 is 0 Å². The fraction of sp³-hybridized carbons (Fsp3) is 0.0526. The Morgan fingerprint density at radius 3 is 1.12 bits per heavy atom. The minimum Gasteiger partial charge on any atom is -0.457 e. The van der Waals surface area contributed by atoms with Gasteiger partial charge in [-0.1, -0.05) is 109 Å². The second-order valence-electron chi connectivity index (χ2n) is 10.6. The van der Waals surface area contributed by atoms with Crippen molar-refractivity contribution in [2.75, 3.05) is 0 Å². The standard InChI is InChI=1S/C38H30O2Si/c1-27-23-37-33(25-35(27)39-29-15-7-3-8-16-29)34-26-36(40-30-17-9-4-10-18-30)28(2)24-38(34)41(37,31-19-11-5-12-20-31)32-21-13-6-14-22-32/h3-26H,1-2H3. The lowest BCUT2D eigenvalue weighted by molar-refractivity contribution is 0.478. The van der Waals surface area contributed by atoms with E-state index in [1.165, 1.54) is 31.9 Å². The van der Waals surface area contributed by atoms with E-state index in [9.17, 15) is 0 Å². The molecule has 6 aromatic carbocycles. The van der Waals surface area contributed by atoms with Crippen molar-refractivity contribution in [1.82, 2.24) is 0 Å². The van der Waals surface area contributed by atoms with E-state index >= 15 is 0 Å². The summed E-state index contributed by atoms with van der Waals surface area (Å²) in [6.45, 7) is 4.32. The molecular weight excluding hydrogens is 517 g/mol. The normalized spacial score (nSPS) is 12.8. The Hall–Kier alpha value is -4.86. The van der Waals surface area contributed by atoms with Crippen molar-refractivity contribution < 1.29 is 9.47 Å². The van der Waals surface area contributed by atoms with E-state index in [0.717, 1.165) is 34.1 Å². The topological polar surface area (TPSA) is 18.5 Å². The Bertz CT molecular complexity index is 1690. The van der Waals surface area contributed by atoms with E-state index in [4.69, 9.17) is 9.47 Å². The number of aryl methyl sites for hydroxylation is 2. The summed E-state index contributed by atoms with van der Waals surface area (Å²) in [5.41, 5.74) is 4.69. The molecule has 0 spiro atoms. The Balaban J connectivity index is 1.52. The van der Waals surface area contributed by atoms with Gasteiger partial charge in [0.05, 0.1) is 0 Å². The SMILES string of the molecule is Cc1cc2c(cc1Oc1ccccc1)-c1cc(Oc3ccccc3)c(C)cc1[Si]2(c1ccccc1)c1ccccc1. The van der Waals surface area contributed by atoms with Crippen LogP contribution in [-0.2, 0) is 0 Å². The van der Waals surface area contributed by atoms with Crippen LogP contribution in [0, 0.1) is 13.8 Å². The summed E-state index contributed by atoms with van der Waals surface area (Å²) in [4.78, 5) is 0. The van der Waals surface area contributed by atoms with Crippen molar-refractivity contribution in [2.24, 2.45) is 0 Å². The lowest BCUT2D eigenvalue weighted by Gasteiger charge is -2.32. The molecule has 0 saturated carbocycles. The molecule has 0 fully saturated rings. The Labute approximate surface area is 242 Å². The summed E-state index contributed by atoms with van der Waals surface area (Å²) in [7, 11) is -2.63. The summed E-state index contributed by atoms with van der Waals surface area (Å²) >= 11 is 0. The lowest BCUT2D eigenvalue weighted by Crippen LogP contribution is -2.72. The molecule has 0 N–H and O–H groups in total. The Kier molecular flexibility index (Phi) is 6.30. The molecule has 0 radical (unpaired) electrons. The number of hydrogen-bond acceptors (Lipinski definition) is 2. The molecule has 198 valence electrons. The highest BCUT2D eigenvalue weighted by molar-refractivity contribution is 7.22. The first-order valence-corrected chi connectivity index (χ1v) is 16.0. The average molecular weight is 547 g/mol. The summed E-state index contributed by atoms with van der Waals surface area (Å²) in [6, 6.07) is 51.5. The van der Waals surface area contributed by atoms with Crippen LogP contribution in [0.4, 0.5) is 0 Å². The highest BCUT2D eigenvalue weighted by atomic mass is 28.3. The minimum absolute atomic E-state index is 0.834. The molecule has 1 aliphatic rings. The fourth-order valence-corrected chi connectivity index (χ4v) is 11.5. The maximum atomic E-state index is 6.46. The van der Waals surface area contributed by atoms with Gasteiger partial charge in [0, 0.05) is 0 Å². The maximum absolute atomic E-state index is 6.46. The predicted octanol–water partition coefficient (Wildman–Crippen LogP) is 7.25. The first-order chi connectivity index (χ1) is 20.1. The van der Waals surface area contributed by atoms with Crippen LogP contribution in [0.25, 0.3) is 11.1 Å². The second-order valence-corrected chi connectivity index (χ2v) is 14.4. The smallest absolute Gasteiger partial charge is 0.180 e. The number of ether oxygens (including phenoxy) is 2. The Morgan fingerprint density at radius 1 is 0.415 bits per heavy atom. The van der Waals surface area contributed by atoms with Crippen LogP contribution in [0.1, 0.15) is 11.1 Å². The molecule has 7 rings (SSSR count). The molecule has 2 nitrogen and oxygen atoms in total. The number of fused-ring (bicyclic) bond motifs is 3. The van der Waals surface area contributed by atoms with Gasteiger partial charge in [0.1, 0.15) is 23.0 Å². The molecule has 41 heavy (non-hydrogen) atoms. The van der Waals surface area contributed by atoms with Crippen LogP contribution in [0.5, 0.6) is 23.0 Å². The highest BCUT2D eigenvalue weighted by Gasteiger charge is 2.49. The van der Waals surface area contributed by atoms with E-state index in [1.807, 2.05) is 60.7 Å². The zero-order valence-electron chi connectivity index (χ0n) is 23.2. The first-order valence-electron chi connectivity index (χ1n) is 14.0. The van der Waals surface area contributed by atoms with Gasteiger partial charge in [0.2, 0.25) is 0 Å². The van der Waals surface area contributed by atoms with Gasteiger partial charge in [0.25, 0.3) is 0 Å². The number of rotatable bonds is 6. The van der Waals surface area contributed by atoms with Crippen LogP contribution in [0.2, 0.25) is 0 Å². The zero-order valence-corrected chi connectivity index (χ0v) is 24.2. The van der Waals surface area contributed by atoms with E-state index in [2.05, 4.69) is 98.8 Å². The third kappa shape index (κ3) is 4.26. The van der Waals surface area contributed by atoms with E-state index < -0.39 is 8.07 Å². The highest BCUT2D eigenvalue weighted by Crippen LogP contribution is 2.38. The van der Waals surface area contributed by atoms with E-state index in [1.54, 1.807) is 0 Å². The third-order valence-electron chi connectivity index (χ3n) is 8.08. The molecule has 0 bridgehead atoms. The quantitative estimate of drug-likeness (QED) is 0.205. The van der Waals surface area contributed by atoms with E-state index in [0.29, 0.717) is 0 Å². The molecule has 0 saturated heterocycles. The monoisotopic (exact) mass is 546 g/mol. The summed E-state index contributed by atoms with van der Waals surface area (Å²) in [5, 5.41) is 5.52. The van der Waals surface area contributed by atoms with Crippen LogP contribution in [0.15, 0.2) is 146 Å². The van der Waals surface area contributed by atoms with Crippen molar-refractivity contribution in [3.05, 3.63) is 157 Å². The molecular formula is C38H30O2Si. The summed E-state index contributed by atoms with van der Waals surface area (Å²) in [5.74, 6) is 3.41. The molecule has 0 unspecified atom stereocenters. The van der Waals surface area contributed by atoms with Crippen LogP contribution in [-0.4, -0.2) is 8.07 Å². The molecule has 0 amide bonds. The molecule has 6 aromatic rings. The Morgan fingerprint density at radius 2 is 0.756 bits per heavy atom. The number of para-hydroxylation sites is 2. The van der Waals surface area contributed by atoms with Gasteiger partial charge in [-0.25, -0.2) is 0 Å². The molecule has 1 heterocycles. The van der Waals surface area contributed by atoms with Crippen molar-refractivity contribution in [3.8, 4) is 34.1 Å². The van der Waals surface area contributed by atoms with E-state index in [-0.39, 0.29) is 0 Å². The molecule has 0 aromatic heterocycles. The van der Waals surface area contributed by atoms with Crippen LogP contribution in [0.3, 0.4) is 0 Å². The van der Waals surface area contributed by atoms with Gasteiger partial charge >= 0.3 is 0 Å². The number of hydrogen-bond donors (Lipinski definition) is 0. The zero-order chi connectivity index (χ0) is 27.8. The first kappa shape index (κ1) is 25.1.